The van der Waals surface area contributed by atoms with Crippen LogP contribution >= 0.6 is 0 Å². The number of Topliss-reactive ketones (excluding diaryl/α,β-unsaturated/α-hetero) is 1. The molecule has 2 unspecified atom stereocenters. The fraction of sp³-hybridized carbons (Fsp3) is 0.771. The Balaban J connectivity index is 1.10. The first-order valence-electron chi connectivity index (χ1n) is 16.9. The number of alkyl halides is 1. The summed E-state index contributed by atoms with van der Waals surface area (Å²) in [5.74, 6) is -2.80. The van der Waals surface area contributed by atoms with Gasteiger partial charge in [-0.15, -0.1) is 0 Å². The monoisotopic (exact) mass is 658 g/mol. The zero-order valence-electron chi connectivity index (χ0n) is 28.3. The van der Waals surface area contributed by atoms with Crippen LogP contribution in [-0.2, 0) is 28.5 Å². The number of hydrogen-bond donors (Lipinski definition) is 1. The number of fused-ring (bicyclic) bond motifs is 9. The van der Waals surface area contributed by atoms with Crippen molar-refractivity contribution in [2.75, 3.05) is 19.7 Å². The summed E-state index contributed by atoms with van der Waals surface area (Å²) in [6, 6.07) is -0.446. The number of ether oxygens (including phenoxy) is 4. The predicted molar refractivity (Wildman–Crippen MR) is 165 cm³/mol. The maximum Gasteiger partial charge on any atom is 0.410 e. The van der Waals surface area contributed by atoms with Crippen molar-refractivity contribution in [3.8, 4) is 0 Å². The zero-order valence-corrected chi connectivity index (χ0v) is 28.3. The molecule has 2 bridgehead atoms. The maximum atomic E-state index is 17.7. The summed E-state index contributed by atoms with van der Waals surface area (Å²) in [4.78, 5) is 55.8. The van der Waals surface area contributed by atoms with E-state index in [-0.39, 0.29) is 36.8 Å². The van der Waals surface area contributed by atoms with Gasteiger partial charge in [0.1, 0.15) is 5.60 Å². The van der Waals surface area contributed by atoms with E-state index in [9.17, 15) is 24.3 Å². The summed E-state index contributed by atoms with van der Waals surface area (Å²) in [6.45, 7) is 12.5. The highest BCUT2D eigenvalue weighted by Gasteiger charge is 2.80. The van der Waals surface area contributed by atoms with Crippen molar-refractivity contribution in [2.45, 2.75) is 128 Å². The number of rotatable bonds is 3. The molecule has 6 fully saturated rings. The number of nitrogens with zero attached hydrogens (tertiary/aromatic N) is 2. The number of hydrogen-bond acceptors (Lipinski definition) is 9. The standard InChI is InChI=1S/C35H47FN2O9/c1-30(2,3)46-29(43)38-17-20-13-21(38)16-37(20)28(42)44-18-26(41)35-27(45-31(4,5)47-35)14-24-23-9-8-19-12-22(39)10-11-32(19,6)34(23,36)25(40)15-33(24,35)7/h10-12,20-21,23-25,27,40H,8-9,13-18H2,1-7H3/t20?,21?,23-,24-,25-,27+,32-,33-,34-,35+/m0/s1. The Bertz CT molecular complexity index is 1490. The van der Waals surface area contributed by atoms with E-state index < -0.39 is 76.2 Å². The first-order valence-corrected chi connectivity index (χ1v) is 16.9. The number of aliphatic hydroxyl groups excluding tert-OH is 1. The summed E-state index contributed by atoms with van der Waals surface area (Å²) in [6.07, 6.45) is 3.02. The van der Waals surface area contributed by atoms with Crippen molar-refractivity contribution < 1.29 is 47.6 Å². The lowest BCUT2D eigenvalue weighted by atomic mass is 9.44. The first kappa shape index (κ1) is 32.7. The van der Waals surface area contributed by atoms with E-state index in [2.05, 4.69) is 0 Å². The lowest BCUT2D eigenvalue weighted by molar-refractivity contribution is -0.246. The minimum Gasteiger partial charge on any atom is -0.444 e. The second kappa shape index (κ2) is 10.1. The minimum atomic E-state index is -2.06. The molecule has 0 aromatic heterocycles. The molecule has 3 saturated heterocycles. The van der Waals surface area contributed by atoms with Crippen LogP contribution in [0.4, 0.5) is 14.0 Å². The average Bonchev–Trinajstić information content (AvgIpc) is 3.70. The van der Waals surface area contributed by atoms with E-state index >= 15 is 4.39 Å². The number of amides is 2. The van der Waals surface area contributed by atoms with Crippen LogP contribution in [0.5, 0.6) is 0 Å². The van der Waals surface area contributed by atoms with Gasteiger partial charge in [-0.1, -0.05) is 18.6 Å². The Morgan fingerprint density at radius 2 is 1.70 bits per heavy atom. The summed E-state index contributed by atoms with van der Waals surface area (Å²) >= 11 is 0. The van der Waals surface area contributed by atoms with E-state index in [1.807, 2.05) is 6.92 Å². The van der Waals surface area contributed by atoms with Crippen molar-refractivity contribution in [1.29, 1.82) is 0 Å². The Hall–Kier alpha value is -2.83. The van der Waals surface area contributed by atoms with Gasteiger partial charge in [-0.05, 0) is 91.7 Å². The fourth-order valence-corrected chi connectivity index (χ4v) is 10.6. The molecule has 7 rings (SSSR count). The molecule has 258 valence electrons. The van der Waals surface area contributed by atoms with Crippen molar-refractivity contribution in [3.05, 3.63) is 23.8 Å². The molecular weight excluding hydrogens is 611 g/mol. The van der Waals surface area contributed by atoms with Gasteiger partial charge in [0.25, 0.3) is 0 Å². The molecule has 0 aromatic rings. The Morgan fingerprint density at radius 1 is 1.04 bits per heavy atom. The van der Waals surface area contributed by atoms with Crippen molar-refractivity contribution in [1.82, 2.24) is 9.80 Å². The molecule has 3 saturated carbocycles. The predicted octanol–water partition coefficient (Wildman–Crippen LogP) is 4.26. The van der Waals surface area contributed by atoms with E-state index in [0.717, 1.165) is 0 Å². The van der Waals surface area contributed by atoms with Crippen LogP contribution < -0.4 is 0 Å². The number of aliphatic hydroxyl groups is 1. The quantitative estimate of drug-likeness (QED) is 0.473. The van der Waals surface area contributed by atoms with Crippen molar-refractivity contribution >= 4 is 23.8 Å². The topological polar surface area (TPSA) is 132 Å². The molecule has 0 spiro atoms. The number of allylic oxidation sites excluding steroid dienone is 4. The first-order chi connectivity index (χ1) is 21.8. The molecule has 4 aliphatic carbocycles. The lowest BCUT2D eigenvalue weighted by Crippen LogP contribution is -2.70. The number of ketones is 2. The third-order valence-electron chi connectivity index (χ3n) is 12.5. The van der Waals surface area contributed by atoms with E-state index in [4.69, 9.17) is 18.9 Å². The third kappa shape index (κ3) is 4.45. The van der Waals surface area contributed by atoms with Crippen LogP contribution in [-0.4, -0.2) is 105 Å². The second-order valence-corrected chi connectivity index (χ2v) is 16.7. The minimum absolute atomic E-state index is 0.0681. The largest absolute Gasteiger partial charge is 0.444 e. The number of carbonyl (C=O) groups is 4. The zero-order chi connectivity index (χ0) is 34.1. The number of likely N-dealkylation sites (tertiary alicyclic amines) is 2. The molecule has 3 heterocycles. The molecule has 11 nitrogen and oxygen atoms in total. The molecule has 1 N–H and O–H groups in total. The summed E-state index contributed by atoms with van der Waals surface area (Å²) in [5.41, 5.74) is -5.78. The third-order valence-corrected chi connectivity index (χ3v) is 12.5. The molecular formula is C35H47FN2O9. The van der Waals surface area contributed by atoms with Gasteiger partial charge in [-0.2, -0.15) is 0 Å². The highest BCUT2D eigenvalue weighted by molar-refractivity contribution is 6.01. The number of carbonyl (C=O) groups excluding carboxylic acids is 4. The molecule has 12 heteroatoms. The number of halogens is 1. The molecule has 7 aliphatic rings. The van der Waals surface area contributed by atoms with Gasteiger partial charge in [0.15, 0.2) is 29.4 Å². The van der Waals surface area contributed by atoms with Crippen LogP contribution in [0.3, 0.4) is 0 Å². The Kier molecular flexibility index (Phi) is 7.03. The van der Waals surface area contributed by atoms with E-state index in [1.54, 1.807) is 57.4 Å². The van der Waals surface area contributed by atoms with Gasteiger partial charge < -0.3 is 33.9 Å². The number of piperazine rings is 1. The molecule has 2 amide bonds. The molecule has 3 aliphatic heterocycles. The highest BCUT2D eigenvalue weighted by Crippen LogP contribution is 2.72. The van der Waals surface area contributed by atoms with Crippen LogP contribution in [0.25, 0.3) is 0 Å². The summed E-state index contributed by atoms with van der Waals surface area (Å²) in [5, 5.41) is 11.8. The van der Waals surface area contributed by atoms with Crippen LogP contribution in [0.1, 0.15) is 80.6 Å². The maximum absolute atomic E-state index is 17.7. The van der Waals surface area contributed by atoms with Gasteiger partial charge in [-0.25, -0.2) is 14.0 Å². The lowest BCUT2D eigenvalue weighted by Gasteiger charge is -2.62. The second-order valence-electron chi connectivity index (χ2n) is 16.7. The van der Waals surface area contributed by atoms with Crippen LogP contribution in [0.2, 0.25) is 0 Å². The smallest absolute Gasteiger partial charge is 0.410 e. The van der Waals surface area contributed by atoms with Crippen molar-refractivity contribution in [2.24, 2.45) is 22.7 Å². The average molecular weight is 659 g/mol. The van der Waals surface area contributed by atoms with E-state index in [1.165, 1.54) is 12.2 Å². The van der Waals surface area contributed by atoms with Gasteiger partial charge in [-0.3, -0.25) is 9.59 Å². The Labute approximate surface area is 274 Å². The molecule has 0 radical (unpaired) electrons. The van der Waals surface area contributed by atoms with Crippen molar-refractivity contribution in [3.63, 3.8) is 0 Å². The van der Waals surface area contributed by atoms with Gasteiger partial charge in [0.2, 0.25) is 5.78 Å². The SMILES string of the molecule is CC(C)(C)OC(=O)N1CC2CC1CN2C(=O)OCC(=O)[C@@]12OC(C)(C)O[C@@H]1C[C@H]1[C@@H]3CCC4=CC(=O)C=C[C@]4(C)[C@@]3(F)[C@@H](O)C[C@@]12C. The fourth-order valence-electron chi connectivity index (χ4n) is 10.6. The van der Waals surface area contributed by atoms with Gasteiger partial charge in [0.05, 0.1) is 24.3 Å². The molecule has 10 atom stereocenters. The van der Waals surface area contributed by atoms with Crippen LogP contribution in [0, 0.1) is 22.7 Å². The molecule has 0 aromatic carbocycles. The Morgan fingerprint density at radius 3 is 2.34 bits per heavy atom. The highest BCUT2D eigenvalue weighted by atomic mass is 19.1. The normalized spacial score (nSPS) is 44.4. The summed E-state index contributed by atoms with van der Waals surface area (Å²) in [7, 11) is 0. The van der Waals surface area contributed by atoms with Crippen LogP contribution in [0.15, 0.2) is 23.8 Å². The van der Waals surface area contributed by atoms with Gasteiger partial charge >= 0.3 is 12.2 Å². The molecule has 47 heavy (non-hydrogen) atoms. The van der Waals surface area contributed by atoms with Gasteiger partial charge in [0, 0.05) is 29.8 Å². The van der Waals surface area contributed by atoms with E-state index in [0.29, 0.717) is 37.8 Å². The summed E-state index contributed by atoms with van der Waals surface area (Å²) < 4.78 is 41.7.